The summed E-state index contributed by atoms with van der Waals surface area (Å²) in [5.41, 5.74) is 1.97. The Balaban J connectivity index is 1.39. The van der Waals surface area contributed by atoms with Crippen molar-refractivity contribution in [3.63, 3.8) is 0 Å². The second-order valence-corrected chi connectivity index (χ2v) is 9.49. The SMILES string of the molecule is Cn1cnc2cc(N3CCN(S(=O)(=O)c4cccc5cccnc45)CC3)ccc2c1=O. The van der Waals surface area contributed by atoms with E-state index in [1.807, 2.05) is 24.3 Å². The van der Waals surface area contributed by atoms with E-state index >= 15 is 0 Å². The zero-order valence-electron chi connectivity index (χ0n) is 17.0. The number of rotatable bonds is 3. The Morgan fingerprint density at radius 3 is 2.52 bits per heavy atom. The van der Waals surface area contributed by atoms with E-state index in [-0.39, 0.29) is 10.5 Å². The molecule has 31 heavy (non-hydrogen) atoms. The molecule has 8 nitrogen and oxygen atoms in total. The number of fused-ring (bicyclic) bond motifs is 2. The Morgan fingerprint density at radius 1 is 0.935 bits per heavy atom. The second-order valence-electron chi connectivity index (χ2n) is 7.58. The van der Waals surface area contributed by atoms with E-state index in [1.165, 1.54) is 15.2 Å². The molecule has 4 aromatic rings. The highest BCUT2D eigenvalue weighted by molar-refractivity contribution is 7.89. The minimum atomic E-state index is -3.65. The molecule has 1 saturated heterocycles. The smallest absolute Gasteiger partial charge is 0.260 e. The highest BCUT2D eigenvalue weighted by Gasteiger charge is 2.30. The molecule has 3 heterocycles. The van der Waals surface area contributed by atoms with Gasteiger partial charge in [-0.15, -0.1) is 0 Å². The molecule has 2 aromatic heterocycles. The molecule has 1 fully saturated rings. The predicted octanol–water partition coefficient (Wildman–Crippen LogP) is 1.99. The Kier molecular flexibility index (Phi) is 4.71. The number of pyridine rings is 1. The van der Waals surface area contributed by atoms with Gasteiger partial charge in [0.2, 0.25) is 10.0 Å². The van der Waals surface area contributed by atoms with Crippen molar-refractivity contribution in [3.8, 4) is 0 Å². The van der Waals surface area contributed by atoms with Crippen LogP contribution >= 0.6 is 0 Å². The van der Waals surface area contributed by atoms with Crippen LogP contribution in [0.3, 0.4) is 0 Å². The largest absolute Gasteiger partial charge is 0.369 e. The lowest BCUT2D eigenvalue weighted by molar-refractivity contribution is 0.385. The van der Waals surface area contributed by atoms with Crippen LogP contribution < -0.4 is 10.5 Å². The Bertz CT molecular complexity index is 1450. The van der Waals surface area contributed by atoms with Gasteiger partial charge in [0.05, 0.1) is 22.7 Å². The van der Waals surface area contributed by atoms with E-state index < -0.39 is 10.0 Å². The number of hydrogen-bond donors (Lipinski definition) is 0. The second kappa shape index (κ2) is 7.44. The number of piperazine rings is 1. The highest BCUT2D eigenvalue weighted by Crippen LogP contribution is 2.26. The third-order valence-corrected chi connectivity index (χ3v) is 7.65. The van der Waals surface area contributed by atoms with Crippen molar-refractivity contribution in [3.05, 3.63) is 71.4 Å². The van der Waals surface area contributed by atoms with E-state index in [0.717, 1.165) is 11.1 Å². The van der Waals surface area contributed by atoms with E-state index in [9.17, 15) is 13.2 Å². The van der Waals surface area contributed by atoms with E-state index in [1.54, 1.807) is 37.5 Å². The van der Waals surface area contributed by atoms with Crippen molar-refractivity contribution in [2.24, 2.45) is 7.05 Å². The van der Waals surface area contributed by atoms with Crippen LogP contribution in [0.5, 0.6) is 0 Å². The van der Waals surface area contributed by atoms with Gasteiger partial charge >= 0.3 is 0 Å². The molecule has 0 spiro atoms. The minimum absolute atomic E-state index is 0.0869. The summed E-state index contributed by atoms with van der Waals surface area (Å²) in [5, 5.41) is 1.37. The van der Waals surface area contributed by atoms with Crippen molar-refractivity contribution in [1.82, 2.24) is 18.8 Å². The number of aromatic nitrogens is 3. The number of sulfonamides is 1. The molecule has 0 radical (unpaired) electrons. The average molecular weight is 436 g/mol. The van der Waals surface area contributed by atoms with Gasteiger partial charge in [0, 0.05) is 50.5 Å². The molecule has 1 aliphatic heterocycles. The van der Waals surface area contributed by atoms with E-state index in [0.29, 0.717) is 42.6 Å². The normalized spacial score (nSPS) is 15.6. The fourth-order valence-electron chi connectivity index (χ4n) is 4.01. The van der Waals surface area contributed by atoms with Gasteiger partial charge in [0.15, 0.2) is 0 Å². The fraction of sp³-hybridized carbons (Fsp3) is 0.227. The Hall–Kier alpha value is -3.30. The lowest BCUT2D eigenvalue weighted by Gasteiger charge is -2.35. The topological polar surface area (TPSA) is 88.4 Å². The van der Waals surface area contributed by atoms with Crippen LogP contribution in [0.25, 0.3) is 21.8 Å². The maximum atomic E-state index is 13.3. The first-order valence-electron chi connectivity index (χ1n) is 9.99. The first-order chi connectivity index (χ1) is 14.9. The summed E-state index contributed by atoms with van der Waals surface area (Å²) >= 11 is 0. The summed E-state index contributed by atoms with van der Waals surface area (Å²) in [5.74, 6) is 0. The predicted molar refractivity (Wildman–Crippen MR) is 120 cm³/mol. The number of anilines is 1. The number of hydrogen-bond acceptors (Lipinski definition) is 6. The van der Waals surface area contributed by atoms with Crippen LogP contribution in [-0.2, 0) is 17.1 Å². The summed E-state index contributed by atoms with van der Waals surface area (Å²) in [4.78, 5) is 23.2. The minimum Gasteiger partial charge on any atom is -0.369 e. The molecule has 0 atom stereocenters. The molecule has 0 amide bonds. The fourth-order valence-corrected chi connectivity index (χ4v) is 5.59. The first kappa shape index (κ1) is 19.7. The third kappa shape index (κ3) is 3.35. The van der Waals surface area contributed by atoms with Gasteiger partial charge in [-0.3, -0.25) is 9.78 Å². The zero-order valence-corrected chi connectivity index (χ0v) is 17.8. The van der Waals surface area contributed by atoms with Gasteiger partial charge in [0.1, 0.15) is 4.90 Å². The summed E-state index contributed by atoms with van der Waals surface area (Å²) in [6.45, 7) is 1.84. The molecule has 1 aliphatic rings. The van der Waals surface area contributed by atoms with Gasteiger partial charge in [-0.25, -0.2) is 13.4 Å². The molecule has 9 heteroatoms. The molecule has 0 aliphatic carbocycles. The van der Waals surface area contributed by atoms with E-state index in [2.05, 4.69) is 14.9 Å². The number of nitrogens with zero attached hydrogens (tertiary/aromatic N) is 5. The van der Waals surface area contributed by atoms with Crippen molar-refractivity contribution in [2.45, 2.75) is 4.90 Å². The van der Waals surface area contributed by atoms with Crippen LogP contribution in [0.15, 0.2) is 70.7 Å². The molecule has 158 valence electrons. The van der Waals surface area contributed by atoms with Crippen LogP contribution in [0.4, 0.5) is 5.69 Å². The first-order valence-corrected chi connectivity index (χ1v) is 11.4. The van der Waals surface area contributed by atoms with Crippen LogP contribution in [0.2, 0.25) is 0 Å². The monoisotopic (exact) mass is 435 g/mol. The molecule has 0 unspecified atom stereocenters. The quantitative estimate of drug-likeness (QED) is 0.489. The van der Waals surface area contributed by atoms with Gasteiger partial charge in [-0.05, 0) is 30.3 Å². The molecule has 2 aromatic carbocycles. The van der Waals surface area contributed by atoms with Gasteiger partial charge in [0.25, 0.3) is 5.56 Å². The van der Waals surface area contributed by atoms with Crippen molar-refractivity contribution in [1.29, 1.82) is 0 Å². The maximum absolute atomic E-state index is 13.3. The Morgan fingerprint density at radius 2 is 1.71 bits per heavy atom. The van der Waals surface area contributed by atoms with Gasteiger partial charge in [-0.2, -0.15) is 4.31 Å². The molecular weight excluding hydrogens is 414 g/mol. The lowest BCUT2D eigenvalue weighted by Crippen LogP contribution is -2.48. The Labute approximate surface area is 179 Å². The van der Waals surface area contributed by atoms with Crippen LogP contribution in [-0.4, -0.2) is 53.4 Å². The number of aryl methyl sites for hydroxylation is 1. The molecular formula is C22H21N5O3S. The lowest BCUT2D eigenvalue weighted by atomic mass is 10.2. The van der Waals surface area contributed by atoms with Crippen LogP contribution in [0.1, 0.15) is 0 Å². The standard InChI is InChI=1S/C22H21N5O3S/c1-25-15-24-19-14-17(7-8-18(19)22(25)28)26-10-12-27(13-11-26)31(29,30)20-6-2-4-16-5-3-9-23-21(16)20/h2-9,14-15H,10-13H2,1H3. The highest BCUT2D eigenvalue weighted by atomic mass is 32.2. The number of benzene rings is 2. The van der Waals surface area contributed by atoms with Crippen molar-refractivity contribution < 1.29 is 8.42 Å². The van der Waals surface area contributed by atoms with Crippen molar-refractivity contribution >= 4 is 37.5 Å². The maximum Gasteiger partial charge on any atom is 0.260 e. The number of para-hydroxylation sites is 1. The molecule has 5 rings (SSSR count). The zero-order chi connectivity index (χ0) is 21.6. The molecule has 0 bridgehead atoms. The summed E-state index contributed by atoms with van der Waals surface area (Å²) in [6.07, 6.45) is 3.12. The average Bonchev–Trinajstić information content (AvgIpc) is 2.81. The molecule has 0 N–H and O–H groups in total. The third-order valence-electron chi connectivity index (χ3n) is 5.72. The summed E-state index contributed by atoms with van der Waals surface area (Å²) in [7, 11) is -1.98. The molecule has 0 saturated carbocycles. The summed E-state index contributed by atoms with van der Waals surface area (Å²) in [6, 6.07) is 14.4. The van der Waals surface area contributed by atoms with Gasteiger partial charge < -0.3 is 9.47 Å². The van der Waals surface area contributed by atoms with Crippen molar-refractivity contribution in [2.75, 3.05) is 31.1 Å². The van der Waals surface area contributed by atoms with Gasteiger partial charge in [-0.1, -0.05) is 18.2 Å². The van der Waals surface area contributed by atoms with E-state index in [4.69, 9.17) is 0 Å². The van der Waals surface area contributed by atoms with Crippen LogP contribution in [0, 0.1) is 0 Å². The summed E-state index contributed by atoms with van der Waals surface area (Å²) < 4.78 is 29.6.